The van der Waals surface area contributed by atoms with Crippen LogP contribution in [0.3, 0.4) is 0 Å². The van der Waals surface area contributed by atoms with E-state index < -0.39 is 4.92 Å². The van der Waals surface area contributed by atoms with Crippen molar-refractivity contribution in [2.45, 2.75) is 45.4 Å². The number of ketones is 1. The van der Waals surface area contributed by atoms with Crippen LogP contribution >= 0.6 is 0 Å². The summed E-state index contributed by atoms with van der Waals surface area (Å²) < 4.78 is 0. The van der Waals surface area contributed by atoms with Crippen LogP contribution in [0.25, 0.3) is 11.1 Å². The van der Waals surface area contributed by atoms with E-state index in [1.165, 1.54) is 42.5 Å². The third-order valence-corrected chi connectivity index (χ3v) is 5.32. The van der Waals surface area contributed by atoms with Gasteiger partial charge in [-0.25, -0.2) is 0 Å². The third-order valence-electron chi connectivity index (χ3n) is 5.32. The maximum absolute atomic E-state index is 12.9. The second kappa shape index (κ2) is 10.5. The number of hydrogen-bond donors (Lipinski definition) is 0. The molecule has 0 aromatic heterocycles. The van der Waals surface area contributed by atoms with E-state index in [9.17, 15) is 14.9 Å². The summed E-state index contributed by atoms with van der Waals surface area (Å²) in [4.78, 5) is 23.3. The molecule has 0 heterocycles. The normalized spacial score (nSPS) is 10.7. The van der Waals surface area contributed by atoms with Crippen LogP contribution in [0.4, 0.5) is 5.69 Å². The molecule has 4 heteroatoms. The van der Waals surface area contributed by atoms with Crippen molar-refractivity contribution in [2.75, 3.05) is 0 Å². The molecule has 0 spiro atoms. The molecule has 0 unspecified atom stereocenters. The Morgan fingerprint density at radius 2 is 1.63 bits per heavy atom. The molecule has 3 aromatic carbocycles. The second-order valence-corrected chi connectivity index (χ2v) is 7.57. The van der Waals surface area contributed by atoms with Crippen molar-refractivity contribution in [3.05, 3.63) is 99.6 Å². The summed E-state index contributed by atoms with van der Waals surface area (Å²) in [6.07, 6.45) is 5.89. The van der Waals surface area contributed by atoms with Gasteiger partial charge in [-0.3, -0.25) is 14.9 Å². The van der Waals surface area contributed by atoms with Crippen molar-refractivity contribution in [3.63, 3.8) is 0 Å². The van der Waals surface area contributed by atoms with Gasteiger partial charge in [0.15, 0.2) is 5.78 Å². The topological polar surface area (TPSA) is 60.2 Å². The molecule has 0 radical (unpaired) electrons. The van der Waals surface area contributed by atoms with E-state index in [2.05, 4.69) is 19.1 Å². The van der Waals surface area contributed by atoms with E-state index in [1.807, 2.05) is 36.4 Å². The number of carbonyl (C=O) groups excluding carboxylic acids is 1. The number of nitro groups is 1. The summed E-state index contributed by atoms with van der Waals surface area (Å²) in [6.45, 7) is 2.20. The molecule has 0 saturated heterocycles. The van der Waals surface area contributed by atoms with Crippen LogP contribution in [0.15, 0.2) is 72.8 Å². The van der Waals surface area contributed by atoms with Gasteiger partial charge in [0.2, 0.25) is 0 Å². The Balaban J connectivity index is 1.81. The molecule has 30 heavy (non-hydrogen) atoms. The SMILES string of the molecule is CCCCCCc1cc(C(=O)Cc2ccc([N+](=O)[O-])cc2)ccc1-c1ccccc1. The molecule has 3 rings (SSSR count). The molecule has 0 atom stereocenters. The number of benzene rings is 3. The fourth-order valence-electron chi connectivity index (χ4n) is 3.64. The van der Waals surface area contributed by atoms with Gasteiger partial charge >= 0.3 is 0 Å². The van der Waals surface area contributed by atoms with Crippen molar-refractivity contribution in [1.82, 2.24) is 0 Å². The zero-order valence-corrected chi connectivity index (χ0v) is 17.3. The van der Waals surface area contributed by atoms with Crippen molar-refractivity contribution < 1.29 is 9.72 Å². The molecular formula is C26H27NO3. The fourth-order valence-corrected chi connectivity index (χ4v) is 3.64. The summed E-state index contributed by atoms with van der Waals surface area (Å²) in [5.74, 6) is 0.0262. The number of rotatable bonds is 10. The molecule has 0 saturated carbocycles. The highest BCUT2D eigenvalue weighted by Gasteiger charge is 2.13. The van der Waals surface area contributed by atoms with Crippen LogP contribution in [0.1, 0.15) is 54.1 Å². The largest absolute Gasteiger partial charge is 0.294 e. The molecule has 0 N–H and O–H groups in total. The van der Waals surface area contributed by atoms with Gasteiger partial charge in [0.25, 0.3) is 5.69 Å². The standard InChI is InChI=1S/C26H27NO3/c1-2-3-4-6-11-22-19-23(14-17-25(22)21-9-7-5-8-10-21)26(28)18-20-12-15-24(16-13-20)27(29)30/h5,7-10,12-17,19H,2-4,6,11,18H2,1H3. The Labute approximate surface area is 177 Å². The van der Waals surface area contributed by atoms with E-state index in [4.69, 9.17) is 0 Å². The first-order valence-corrected chi connectivity index (χ1v) is 10.5. The van der Waals surface area contributed by atoms with Gasteiger partial charge in [0.1, 0.15) is 0 Å². The zero-order valence-electron chi connectivity index (χ0n) is 17.3. The predicted octanol–water partition coefficient (Wildman–Crippen LogP) is 6.81. The van der Waals surface area contributed by atoms with Gasteiger partial charge in [0, 0.05) is 24.1 Å². The third kappa shape index (κ3) is 5.63. The monoisotopic (exact) mass is 401 g/mol. The number of nitrogens with zero attached hydrogens (tertiary/aromatic N) is 1. The minimum atomic E-state index is -0.432. The zero-order chi connectivity index (χ0) is 21.3. The first kappa shape index (κ1) is 21.4. The summed E-state index contributed by atoms with van der Waals surface area (Å²) in [6, 6.07) is 22.4. The quantitative estimate of drug-likeness (QED) is 0.162. The van der Waals surface area contributed by atoms with Gasteiger partial charge in [-0.15, -0.1) is 0 Å². The summed E-state index contributed by atoms with van der Waals surface area (Å²) in [7, 11) is 0. The van der Waals surface area contributed by atoms with Crippen molar-refractivity contribution in [2.24, 2.45) is 0 Å². The fraction of sp³-hybridized carbons (Fsp3) is 0.269. The molecule has 0 fully saturated rings. The Hall–Kier alpha value is -3.27. The van der Waals surface area contributed by atoms with Crippen LogP contribution < -0.4 is 0 Å². The molecule has 0 bridgehead atoms. The second-order valence-electron chi connectivity index (χ2n) is 7.57. The number of hydrogen-bond acceptors (Lipinski definition) is 3. The van der Waals surface area contributed by atoms with Crippen molar-refractivity contribution in [1.29, 1.82) is 0 Å². The number of Topliss-reactive ketones (excluding diaryl/α,β-unsaturated/α-hetero) is 1. The molecular weight excluding hydrogens is 374 g/mol. The van der Waals surface area contributed by atoms with E-state index in [0.29, 0.717) is 5.56 Å². The minimum absolute atomic E-state index is 0.0262. The average molecular weight is 402 g/mol. The number of aryl methyl sites for hydroxylation is 1. The van der Waals surface area contributed by atoms with Gasteiger partial charge in [-0.05, 0) is 41.2 Å². The highest BCUT2D eigenvalue weighted by molar-refractivity contribution is 5.98. The summed E-state index contributed by atoms with van der Waals surface area (Å²) >= 11 is 0. The summed E-state index contributed by atoms with van der Waals surface area (Å²) in [5.41, 5.74) is 5.05. The van der Waals surface area contributed by atoms with Gasteiger partial charge < -0.3 is 0 Å². The van der Waals surface area contributed by atoms with Gasteiger partial charge in [-0.1, -0.05) is 80.8 Å². The highest BCUT2D eigenvalue weighted by Crippen LogP contribution is 2.27. The van der Waals surface area contributed by atoms with E-state index >= 15 is 0 Å². The number of non-ortho nitro benzene ring substituents is 1. The Kier molecular flexibility index (Phi) is 7.50. The van der Waals surface area contributed by atoms with Crippen molar-refractivity contribution >= 4 is 11.5 Å². The molecule has 0 amide bonds. The van der Waals surface area contributed by atoms with Crippen LogP contribution in [-0.2, 0) is 12.8 Å². The molecule has 3 aromatic rings. The molecule has 0 aliphatic heterocycles. The predicted molar refractivity (Wildman–Crippen MR) is 121 cm³/mol. The average Bonchev–Trinajstić information content (AvgIpc) is 2.77. The van der Waals surface area contributed by atoms with Gasteiger partial charge in [0.05, 0.1) is 4.92 Å². The molecule has 4 nitrogen and oxygen atoms in total. The van der Waals surface area contributed by atoms with E-state index in [1.54, 1.807) is 12.1 Å². The van der Waals surface area contributed by atoms with Crippen LogP contribution in [0.2, 0.25) is 0 Å². The maximum Gasteiger partial charge on any atom is 0.269 e. The number of unbranched alkanes of at least 4 members (excludes halogenated alkanes) is 3. The molecule has 0 aliphatic rings. The van der Waals surface area contributed by atoms with Crippen LogP contribution in [0.5, 0.6) is 0 Å². The smallest absolute Gasteiger partial charge is 0.269 e. The lowest BCUT2D eigenvalue weighted by Crippen LogP contribution is -2.05. The number of nitro benzene ring substituents is 1. The van der Waals surface area contributed by atoms with Gasteiger partial charge in [-0.2, -0.15) is 0 Å². The molecule has 154 valence electrons. The lowest BCUT2D eigenvalue weighted by atomic mass is 9.92. The number of carbonyl (C=O) groups is 1. The van der Waals surface area contributed by atoms with Crippen LogP contribution in [0, 0.1) is 10.1 Å². The lowest BCUT2D eigenvalue weighted by Gasteiger charge is -2.12. The first-order chi connectivity index (χ1) is 14.6. The maximum atomic E-state index is 12.9. The highest BCUT2D eigenvalue weighted by atomic mass is 16.6. The Bertz CT molecular complexity index is 995. The van der Waals surface area contributed by atoms with E-state index in [-0.39, 0.29) is 17.9 Å². The van der Waals surface area contributed by atoms with Crippen LogP contribution in [-0.4, -0.2) is 10.7 Å². The Morgan fingerprint density at radius 3 is 2.30 bits per heavy atom. The van der Waals surface area contributed by atoms with E-state index in [0.717, 1.165) is 24.0 Å². The lowest BCUT2D eigenvalue weighted by molar-refractivity contribution is -0.384. The molecule has 0 aliphatic carbocycles. The summed E-state index contributed by atoms with van der Waals surface area (Å²) in [5, 5.41) is 10.8. The van der Waals surface area contributed by atoms with Crippen molar-refractivity contribution in [3.8, 4) is 11.1 Å². The Morgan fingerprint density at radius 1 is 0.900 bits per heavy atom. The first-order valence-electron chi connectivity index (χ1n) is 10.5. The minimum Gasteiger partial charge on any atom is -0.294 e.